The number of allylic oxidation sites excluding steroid dienone is 4. The van der Waals surface area contributed by atoms with Crippen LogP contribution in [-0.4, -0.2) is 41.2 Å². The first kappa shape index (κ1) is 30.8. The van der Waals surface area contributed by atoms with E-state index in [9.17, 15) is 23.9 Å². The van der Waals surface area contributed by atoms with Crippen LogP contribution >= 0.6 is 11.6 Å². The number of Topliss-reactive ketones (excluding diaryl/α,β-unsaturated/α-hetero) is 2. The summed E-state index contributed by atoms with van der Waals surface area (Å²) in [5.41, 5.74) is 2.85. The van der Waals surface area contributed by atoms with E-state index < -0.39 is 17.7 Å². The third-order valence-corrected chi connectivity index (χ3v) is 8.77. The number of rotatable bonds is 8. The molecule has 0 saturated carbocycles. The maximum atomic E-state index is 14.3. The lowest BCUT2D eigenvalue weighted by Gasteiger charge is -2.49. The van der Waals surface area contributed by atoms with Crippen LogP contribution in [0.4, 0.5) is 4.39 Å². The molecule has 43 heavy (non-hydrogen) atoms. The van der Waals surface area contributed by atoms with Gasteiger partial charge >= 0.3 is 5.97 Å². The van der Waals surface area contributed by atoms with Crippen LogP contribution in [0.1, 0.15) is 76.8 Å². The van der Waals surface area contributed by atoms with Crippen molar-refractivity contribution >= 4 is 29.1 Å². The number of carboxylic acids is 1. The molecule has 0 unspecified atom stereocenters. The zero-order valence-corrected chi connectivity index (χ0v) is 25.9. The van der Waals surface area contributed by atoms with Crippen LogP contribution in [0.5, 0.6) is 11.5 Å². The highest BCUT2D eigenvalue weighted by Crippen LogP contribution is 2.55. The average molecular weight is 610 g/mol. The van der Waals surface area contributed by atoms with Crippen molar-refractivity contribution in [3.05, 3.63) is 80.9 Å². The highest BCUT2D eigenvalue weighted by molar-refractivity contribution is 6.32. The molecule has 1 aliphatic heterocycles. The van der Waals surface area contributed by atoms with Gasteiger partial charge in [-0.15, -0.1) is 0 Å². The molecule has 3 aliphatic rings. The maximum absolute atomic E-state index is 14.3. The summed E-state index contributed by atoms with van der Waals surface area (Å²) >= 11 is 6.79. The minimum Gasteiger partial charge on any atom is -0.493 e. The summed E-state index contributed by atoms with van der Waals surface area (Å²) in [5, 5.41) is 9.77. The first-order valence-electron chi connectivity index (χ1n) is 14.5. The molecule has 0 atom stereocenters. The lowest BCUT2D eigenvalue weighted by molar-refractivity contribution is -0.137. The predicted octanol–water partition coefficient (Wildman–Crippen LogP) is 7.23. The second kappa shape index (κ2) is 11.5. The van der Waals surface area contributed by atoms with Gasteiger partial charge in [-0.05, 0) is 47.4 Å². The van der Waals surface area contributed by atoms with E-state index in [2.05, 4.69) is 0 Å². The molecule has 228 valence electrons. The van der Waals surface area contributed by atoms with Gasteiger partial charge in [-0.2, -0.15) is 0 Å². The molecule has 0 aromatic heterocycles. The highest BCUT2D eigenvalue weighted by atomic mass is 35.5. The summed E-state index contributed by atoms with van der Waals surface area (Å²) in [6, 6.07) is 9.71. The monoisotopic (exact) mass is 609 g/mol. The second-order valence-electron chi connectivity index (χ2n) is 13.2. The van der Waals surface area contributed by atoms with Gasteiger partial charge in [0, 0.05) is 53.4 Å². The van der Waals surface area contributed by atoms with Crippen molar-refractivity contribution < 1.29 is 33.4 Å². The number of hydrogen-bond donors (Lipinski definition) is 1. The fourth-order valence-electron chi connectivity index (χ4n) is 6.67. The third kappa shape index (κ3) is 6.07. The second-order valence-corrected chi connectivity index (χ2v) is 13.7. The molecule has 0 amide bonds. The number of carboxylic acid groups (broad SMARTS) is 1. The summed E-state index contributed by atoms with van der Waals surface area (Å²) in [4.78, 5) is 41.5. The van der Waals surface area contributed by atoms with E-state index in [4.69, 9.17) is 21.1 Å². The number of halogens is 2. The summed E-state index contributed by atoms with van der Waals surface area (Å²) < 4.78 is 25.9. The molecule has 2 aliphatic carbocycles. The maximum Gasteiger partial charge on any atom is 0.305 e. The minimum absolute atomic E-state index is 0.0734. The first-order chi connectivity index (χ1) is 20.2. The molecule has 2 aromatic rings. The number of nitrogens with zero attached hydrogens (tertiary/aromatic N) is 1. The van der Waals surface area contributed by atoms with Crippen LogP contribution in [0.3, 0.4) is 0 Å². The quantitative estimate of drug-likeness (QED) is 0.337. The van der Waals surface area contributed by atoms with E-state index in [0.717, 1.165) is 11.4 Å². The number of ether oxygens (including phenoxy) is 2. The van der Waals surface area contributed by atoms with Gasteiger partial charge in [0.05, 0.1) is 18.6 Å². The number of benzene rings is 2. The van der Waals surface area contributed by atoms with E-state index in [-0.39, 0.29) is 52.7 Å². The number of aliphatic carboxylic acids is 1. The van der Waals surface area contributed by atoms with E-state index in [1.807, 2.05) is 32.6 Å². The summed E-state index contributed by atoms with van der Waals surface area (Å²) in [6.45, 7) is 8.21. The van der Waals surface area contributed by atoms with Crippen molar-refractivity contribution in [3.63, 3.8) is 0 Å². The molecule has 1 N–H and O–H groups in total. The standard InChI is InChI=1S/C34H37ClFNO6/c1-33(2)14-23-30(25(38)16-33)29(31-24(37(23)11-10-28(40)41)15-34(3,4)17-26(31)39)20-12-21(35)32(27(13-20)42-5)43-18-19-8-6-7-9-22(19)36/h6-9,12-13,29H,10-11,14-18H2,1-5H3,(H,40,41). The molecular weight excluding hydrogens is 573 g/mol. The van der Waals surface area contributed by atoms with Crippen molar-refractivity contribution in [1.82, 2.24) is 4.90 Å². The van der Waals surface area contributed by atoms with Gasteiger partial charge in [0.15, 0.2) is 23.1 Å². The molecule has 1 heterocycles. The fourth-order valence-corrected chi connectivity index (χ4v) is 6.94. The third-order valence-electron chi connectivity index (χ3n) is 8.49. The van der Waals surface area contributed by atoms with Crippen LogP contribution in [0.15, 0.2) is 58.9 Å². The van der Waals surface area contributed by atoms with Gasteiger partial charge in [-0.25, -0.2) is 4.39 Å². The van der Waals surface area contributed by atoms with Gasteiger partial charge in [-0.3, -0.25) is 14.4 Å². The normalized spacial score (nSPS) is 19.7. The summed E-state index contributed by atoms with van der Waals surface area (Å²) in [6.07, 6.45) is 1.59. The Labute approximate surface area is 256 Å². The molecule has 7 nitrogen and oxygen atoms in total. The zero-order chi connectivity index (χ0) is 31.3. The van der Waals surface area contributed by atoms with Crippen molar-refractivity contribution in [1.29, 1.82) is 0 Å². The van der Waals surface area contributed by atoms with Crippen LogP contribution < -0.4 is 9.47 Å². The zero-order valence-electron chi connectivity index (χ0n) is 25.2. The largest absolute Gasteiger partial charge is 0.493 e. The first-order valence-corrected chi connectivity index (χ1v) is 14.8. The van der Waals surface area contributed by atoms with Crippen molar-refractivity contribution in [2.75, 3.05) is 13.7 Å². The number of carbonyl (C=O) groups is 3. The Hall–Kier alpha value is -3.65. The Bertz CT molecular complexity index is 1520. The Morgan fingerprint density at radius 1 is 1.00 bits per heavy atom. The Morgan fingerprint density at radius 2 is 1.58 bits per heavy atom. The van der Waals surface area contributed by atoms with Gasteiger partial charge in [0.2, 0.25) is 0 Å². The molecule has 2 aromatic carbocycles. The van der Waals surface area contributed by atoms with E-state index in [1.54, 1.807) is 30.3 Å². The number of ketones is 2. The molecule has 0 radical (unpaired) electrons. The van der Waals surface area contributed by atoms with Crippen LogP contribution in [-0.2, 0) is 21.0 Å². The van der Waals surface area contributed by atoms with Crippen LogP contribution in [0, 0.1) is 16.6 Å². The summed E-state index contributed by atoms with van der Waals surface area (Å²) in [5.74, 6) is -1.66. The van der Waals surface area contributed by atoms with Crippen molar-refractivity contribution in [3.8, 4) is 11.5 Å². The smallest absolute Gasteiger partial charge is 0.305 e. The van der Waals surface area contributed by atoms with Gasteiger partial charge in [0.1, 0.15) is 12.4 Å². The Kier molecular flexibility index (Phi) is 8.20. The molecule has 9 heteroatoms. The molecule has 0 spiro atoms. The number of methoxy groups -OCH3 is 1. The van der Waals surface area contributed by atoms with Gasteiger partial charge in [-0.1, -0.05) is 57.5 Å². The fraction of sp³-hybridized carbons (Fsp3) is 0.441. The molecule has 0 bridgehead atoms. The van der Waals surface area contributed by atoms with E-state index in [1.165, 1.54) is 13.2 Å². The molecule has 0 fully saturated rings. The van der Waals surface area contributed by atoms with Gasteiger partial charge in [0.25, 0.3) is 0 Å². The van der Waals surface area contributed by atoms with E-state index in [0.29, 0.717) is 53.7 Å². The van der Waals surface area contributed by atoms with Gasteiger partial charge < -0.3 is 19.5 Å². The number of carbonyl (C=O) groups excluding carboxylic acids is 2. The molecular formula is C34H37ClFNO6. The minimum atomic E-state index is -0.947. The average Bonchev–Trinajstić information content (AvgIpc) is 2.89. The lowest BCUT2D eigenvalue weighted by atomic mass is 9.63. The van der Waals surface area contributed by atoms with Crippen molar-refractivity contribution in [2.24, 2.45) is 10.8 Å². The highest BCUT2D eigenvalue weighted by Gasteiger charge is 2.49. The molecule has 5 rings (SSSR count). The van der Waals surface area contributed by atoms with Crippen LogP contribution in [0.25, 0.3) is 0 Å². The SMILES string of the molecule is COc1cc(C2C3=C(CC(C)(C)CC3=O)N(CCC(=O)O)C3=C2C(=O)CC(C)(C)C3)cc(Cl)c1OCc1ccccc1F. The predicted molar refractivity (Wildman–Crippen MR) is 161 cm³/mol. The number of hydrogen-bond acceptors (Lipinski definition) is 6. The van der Waals surface area contributed by atoms with E-state index >= 15 is 0 Å². The Balaban J connectivity index is 1.67. The molecule has 0 saturated heterocycles. The summed E-state index contributed by atoms with van der Waals surface area (Å²) in [7, 11) is 1.47. The lowest BCUT2D eigenvalue weighted by Crippen LogP contribution is -2.45. The van der Waals surface area contributed by atoms with Crippen molar-refractivity contribution in [2.45, 2.75) is 72.3 Å². The van der Waals surface area contributed by atoms with Crippen LogP contribution in [0.2, 0.25) is 5.02 Å². The Morgan fingerprint density at radius 3 is 2.12 bits per heavy atom. The topological polar surface area (TPSA) is 93.1 Å².